The van der Waals surface area contributed by atoms with Crippen LogP contribution < -0.4 is 9.47 Å². The summed E-state index contributed by atoms with van der Waals surface area (Å²) in [6.07, 6.45) is 6.50. The molecule has 0 fully saturated rings. The molecule has 0 spiro atoms. The predicted molar refractivity (Wildman–Crippen MR) is 96.8 cm³/mol. The summed E-state index contributed by atoms with van der Waals surface area (Å²) in [6, 6.07) is 8.06. The number of hydrogen-bond acceptors (Lipinski definition) is 4. The summed E-state index contributed by atoms with van der Waals surface area (Å²) in [6.45, 7) is 9.95. The van der Waals surface area contributed by atoms with Gasteiger partial charge in [0.25, 0.3) is 0 Å². The Balaban J connectivity index is 2.20. The monoisotopic (exact) mass is 328 g/mol. The van der Waals surface area contributed by atoms with Crippen LogP contribution in [0.2, 0.25) is 0 Å². The van der Waals surface area contributed by atoms with Gasteiger partial charge in [0, 0.05) is 0 Å². The minimum Gasteiger partial charge on any atom is -0.492 e. The first-order valence-electron chi connectivity index (χ1n) is 8.82. The molecule has 0 N–H and O–H groups in total. The van der Waals surface area contributed by atoms with Gasteiger partial charge < -0.3 is 9.47 Å². The van der Waals surface area contributed by atoms with E-state index in [1.807, 2.05) is 24.3 Å². The van der Waals surface area contributed by atoms with Crippen LogP contribution in [0.25, 0.3) is 0 Å². The van der Waals surface area contributed by atoms with Crippen LogP contribution in [0.3, 0.4) is 0 Å². The molecule has 4 heteroatoms. The van der Waals surface area contributed by atoms with Crippen molar-refractivity contribution < 1.29 is 9.47 Å². The van der Waals surface area contributed by atoms with Crippen LogP contribution in [-0.4, -0.2) is 23.2 Å². The molecule has 0 saturated carbocycles. The molecular weight excluding hydrogens is 300 g/mol. The molecule has 0 amide bonds. The van der Waals surface area contributed by atoms with Crippen molar-refractivity contribution in [2.45, 2.75) is 52.4 Å². The lowest BCUT2D eigenvalue weighted by Crippen LogP contribution is -2.25. The molecule has 0 aliphatic carbocycles. The minimum absolute atomic E-state index is 0.230. The van der Waals surface area contributed by atoms with Crippen molar-refractivity contribution >= 4 is 0 Å². The molecule has 2 aromatic heterocycles. The Hall–Kier alpha value is -2.10. The van der Waals surface area contributed by atoms with E-state index in [-0.39, 0.29) is 5.41 Å². The maximum absolute atomic E-state index is 5.62. The van der Waals surface area contributed by atoms with Crippen molar-refractivity contribution in [3.05, 3.63) is 48.0 Å². The van der Waals surface area contributed by atoms with Crippen LogP contribution in [0.1, 0.15) is 58.3 Å². The lowest BCUT2D eigenvalue weighted by molar-refractivity contribution is 0.315. The average Bonchev–Trinajstić information content (AvgIpc) is 2.65. The maximum atomic E-state index is 5.62. The number of ether oxygens (including phenoxy) is 2. The Labute approximate surface area is 145 Å². The third kappa shape index (κ3) is 4.25. The van der Waals surface area contributed by atoms with Crippen molar-refractivity contribution in [3.8, 4) is 11.5 Å². The normalized spacial score (nSPS) is 11.3. The lowest BCUT2D eigenvalue weighted by atomic mass is 9.80. The Bertz CT molecular complexity index is 557. The summed E-state index contributed by atoms with van der Waals surface area (Å²) in [5.41, 5.74) is 1.78. The SMILES string of the molecule is CCCOc1ccc(C(C)(CC)c2ccc(OCCC)cn2)nc1. The van der Waals surface area contributed by atoms with Gasteiger partial charge in [-0.3, -0.25) is 9.97 Å². The molecule has 0 saturated heterocycles. The van der Waals surface area contributed by atoms with Crippen LogP contribution >= 0.6 is 0 Å². The second-order valence-electron chi connectivity index (χ2n) is 6.14. The molecule has 130 valence electrons. The molecule has 0 aliphatic heterocycles. The van der Waals surface area contributed by atoms with Gasteiger partial charge in [-0.1, -0.05) is 20.8 Å². The summed E-state index contributed by atoms with van der Waals surface area (Å²) >= 11 is 0. The summed E-state index contributed by atoms with van der Waals surface area (Å²) in [5, 5.41) is 0. The third-order valence-electron chi connectivity index (χ3n) is 4.26. The van der Waals surface area contributed by atoms with Crippen LogP contribution in [0.5, 0.6) is 11.5 Å². The number of aromatic nitrogens is 2. The summed E-state index contributed by atoms with van der Waals surface area (Å²) in [5.74, 6) is 1.63. The lowest BCUT2D eigenvalue weighted by Gasteiger charge is -2.27. The Morgan fingerprint density at radius 3 is 1.54 bits per heavy atom. The highest BCUT2D eigenvalue weighted by Gasteiger charge is 2.30. The van der Waals surface area contributed by atoms with Crippen LogP contribution in [-0.2, 0) is 5.41 Å². The highest BCUT2D eigenvalue weighted by Crippen LogP contribution is 2.33. The molecule has 2 rings (SSSR count). The molecule has 0 radical (unpaired) electrons. The van der Waals surface area contributed by atoms with Crippen LogP contribution in [0, 0.1) is 0 Å². The van der Waals surface area contributed by atoms with Gasteiger partial charge in [-0.15, -0.1) is 0 Å². The zero-order chi connectivity index (χ0) is 17.4. The quantitative estimate of drug-likeness (QED) is 0.665. The van der Waals surface area contributed by atoms with Gasteiger partial charge in [0.15, 0.2) is 0 Å². The van der Waals surface area contributed by atoms with Crippen LogP contribution in [0.15, 0.2) is 36.7 Å². The first-order chi connectivity index (χ1) is 11.6. The van der Waals surface area contributed by atoms with Crippen LogP contribution in [0.4, 0.5) is 0 Å². The topological polar surface area (TPSA) is 44.2 Å². The predicted octanol–water partition coefficient (Wildman–Crippen LogP) is 4.77. The highest BCUT2D eigenvalue weighted by atomic mass is 16.5. The van der Waals surface area contributed by atoms with Gasteiger partial charge >= 0.3 is 0 Å². The molecule has 24 heavy (non-hydrogen) atoms. The molecule has 2 heterocycles. The van der Waals surface area contributed by atoms with Gasteiger partial charge in [0.1, 0.15) is 11.5 Å². The van der Waals surface area contributed by atoms with E-state index in [4.69, 9.17) is 9.47 Å². The van der Waals surface area contributed by atoms with E-state index in [9.17, 15) is 0 Å². The number of pyridine rings is 2. The molecule has 0 aromatic carbocycles. The first-order valence-corrected chi connectivity index (χ1v) is 8.82. The second-order valence-corrected chi connectivity index (χ2v) is 6.14. The largest absolute Gasteiger partial charge is 0.492 e. The zero-order valence-electron chi connectivity index (χ0n) is 15.2. The number of hydrogen-bond donors (Lipinski definition) is 0. The van der Waals surface area contributed by atoms with Crippen molar-refractivity contribution in [2.75, 3.05) is 13.2 Å². The Kier molecular flexibility index (Phi) is 6.59. The Morgan fingerprint density at radius 1 is 0.792 bits per heavy atom. The van der Waals surface area contributed by atoms with Crippen molar-refractivity contribution in [2.24, 2.45) is 0 Å². The molecule has 0 aliphatic rings. The fourth-order valence-corrected chi connectivity index (χ4v) is 2.52. The molecular formula is C20H28N2O2. The molecule has 0 bridgehead atoms. The van der Waals surface area contributed by atoms with E-state index in [1.165, 1.54) is 0 Å². The summed E-state index contributed by atoms with van der Waals surface area (Å²) < 4.78 is 11.2. The van der Waals surface area contributed by atoms with Gasteiger partial charge in [-0.05, 0) is 50.5 Å². The third-order valence-corrected chi connectivity index (χ3v) is 4.26. The van der Waals surface area contributed by atoms with Gasteiger partial charge in [-0.25, -0.2) is 0 Å². The Morgan fingerprint density at radius 2 is 1.25 bits per heavy atom. The van der Waals surface area contributed by atoms with Gasteiger partial charge in [-0.2, -0.15) is 0 Å². The van der Waals surface area contributed by atoms with E-state index in [0.29, 0.717) is 13.2 Å². The fraction of sp³-hybridized carbons (Fsp3) is 0.500. The van der Waals surface area contributed by atoms with E-state index >= 15 is 0 Å². The number of nitrogens with zero attached hydrogens (tertiary/aromatic N) is 2. The van der Waals surface area contributed by atoms with Gasteiger partial charge in [0.2, 0.25) is 0 Å². The first kappa shape index (κ1) is 18.2. The zero-order valence-corrected chi connectivity index (χ0v) is 15.2. The van der Waals surface area contributed by atoms with Crippen molar-refractivity contribution in [3.63, 3.8) is 0 Å². The standard InChI is InChI=1S/C20H28N2O2/c1-5-12-23-16-8-10-18(21-14-16)20(4,7-3)19-11-9-17(15-22-19)24-13-6-2/h8-11,14-15H,5-7,12-13H2,1-4H3. The van der Waals surface area contributed by atoms with Crippen molar-refractivity contribution in [1.29, 1.82) is 0 Å². The van der Waals surface area contributed by atoms with E-state index < -0.39 is 0 Å². The van der Waals surface area contributed by atoms with Crippen molar-refractivity contribution in [1.82, 2.24) is 9.97 Å². The van der Waals surface area contributed by atoms with E-state index in [0.717, 1.165) is 42.1 Å². The summed E-state index contributed by atoms with van der Waals surface area (Å²) in [4.78, 5) is 9.25. The maximum Gasteiger partial charge on any atom is 0.137 e. The summed E-state index contributed by atoms with van der Waals surface area (Å²) in [7, 11) is 0. The fourth-order valence-electron chi connectivity index (χ4n) is 2.52. The molecule has 0 unspecified atom stereocenters. The number of rotatable bonds is 9. The second kappa shape index (κ2) is 8.67. The van der Waals surface area contributed by atoms with E-state index in [2.05, 4.69) is 37.7 Å². The smallest absolute Gasteiger partial charge is 0.137 e. The van der Waals surface area contributed by atoms with Gasteiger partial charge in [0.05, 0.1) is 42.4 Å². The molecule has 4 nitrogen and oxygen atoms in total. The molecule has 0 atom stereocenters. The average molecular weight is 328 g/mol. The van der Waals surface area contributed by atoms with E-state index in [1.54, 1.807) is 12.4 Å². The molecule has 2 aromatic rings. The highest BCUT2D eigenvalue weighted by molar-refractivity contribution is 5.34. The minimum atomic E-state index is -0.230.